The van der Waals surface area contributed by atoms with Crippen molar-refractivity contribution in [3.8, 4) is 5.75 Å². The van der Waals surface area contributed by atoms with E-state index in [2.05, 4.69) is 12.2 Å². The third kappa shape index (κ3) is 3.82. The van der Waals surface area contributed by atoms with E-state index < -0.39 is 0 Å². The number of hydrogen-bond donors (Lipinski definition) is 1. The van der Waals surface area contributed by atoms with E-state index in [0.29, 0.717) is 38.3 Å². The molecule has 0 radical (unpaired) electrons. The predicted molar refractivity (Wildman–Crippen MR) is 85.5 cm³/mol. The van der Waals surface area contributed by atoms with E-state index >= 15 is 0 Å². The van der Waals surface area contributed by atoms with Gasteiger partial charge in [0.25, 0.3) is 5.91 Å². The molecule has 0 spiro atoms. The first kappa shape index (κ1) is 15.8. The van der Waals surface area contributed by atoms with Crippen LogP contribution in [0.25, 0.3) is 0 Å². The average Bonchev–Trinajstić information content (AvgIpc) is 2.59. The Hall–Kier alpha value is -2.08. The molecule has 0 saturated carbocycles. The summed E-state index contributed by atoms with van der Waals surface area (Å²) in [4.78, 5) is 25.4. The number of morpholine rings is 1. The molecule has 1 saturated heterocycles. The molecular weight excluding hydrogens is 296 g/mol. The van der Waals surface area contributed by atoms with Crippen LogP contribution in [-0.2, 0) is 20.7 Å². The van der Waals surface area contributed by atoms with Gasteiger partial charge in [-0.25, -0.2) is 0 Å². The van der Waals surface area contributed by atoms with Crippen molar-refractivity contribution in [1.82, 2.24) is 4.90 Å². The van der Waals surface area contributed by atoms with E-state index in [1.54, 1.807) is 11.0 Å². The fourth-order valence-corrected chi connectivity index (χ4v) is 2.88. The lowest BCUT2D eigenvalue weighted by Gasteiger charge is -2.32. The summed E-state index contributed by atoms with van der Waals surface area (Å²) in [5.74, 6) is 0.686. The van der Waals surface area contributed by atoms with Gasteiger partial charge in [-0.3, -0.25) is 9.59 Å². The van der Waals surface area contributed by atoms with Gasteiger partial charge < -0.3 is 19.7 Å². The highest BCUT2D eigenvalue weighted by molar-refractivity contribution is 5.94. The third-order valence-electron chi connectivity index (χ3n) is 4.28. The number of rotatable bonds is 4. The van der Waals surface area contributed by atoms with Crippen molar-refractivity contribution in [2.75, 3.05) is 31.6 Å². The lowest BCUT2D eigenvalue weighted by molar-refractivity contribution is -0.141. The van der Waals surface area contributed by atoms with Gasteiger partial charge in [0.1, 0.15) is 5.75 Å². The highest BCUT2D eigenvalue weighted by atomic mass is 16.5. The third-order valence-corrected chi connectivity index (χ3v) is 4.28. The van der Waals surface area contributed by atoms with Crippen molar-refractivity contribution in [2.45, 2.75) is 32.3 Å². The molecule has 1 fully saturated rings. The summed E-state index contributed by atoms with van der Waals surface area (Å²) in [6.45, 7) is 3.93. The normalized spacial score (nSPS) is 20.7. The minimum absolute atomic E-state index is 0.0160. The smallest absolute Gasteiger partial charge is 0.260 e. The van der Waals surface area contributed by atoms with Crippen LogP contribution in [0, 0.1) is 0 Å². The SMILES string of the molecule is CCC1CN(C(=O)COc2ccc3c(c2)CCC(=O)N3)CCO1. The van der Waals surface area contributed by atoms with E-state index in [1.165, 1.54) is 0 Å². The number of amides is 2. The van der Waals surface area contributed by atoms with Crippen molar-refractivity contribution in [3.63, 3.8) is 0 Å². The molecule has 6 nitrogen and oxygen atoms in total. The Labute approximate surface area is 135 Å². The van der Waals surface area contributed by atoms with E-state index in [-0.39, 0.29) is 24.5 Å². The number of ether oxygens (including phenoxy) is 2. The van der Waals surface area contributed by atoms with Crippen LogP contribution in [0.15, 0.2) is 18.2 Å². The van der Waals surface area contributed by atoms with Crippen LogP contribution in [0.5, 0.6) is 5.75 Å². The van der Waals surface area contributed by atoms with Gasteiger partial charge in [-0.15, -0.1) is 0 Å². The summed E-state index contributed by atoms with van der Waals surface area (Å²) < 4.78 is 11.2. The summed E-state index contributed by atoms with van der Waals surface area (Å²) in [7, 11) is 0. The van der Waals surface area contributed by atoms with Gasteiger partial charge in [0.15, 0.2) is 6.61 Å². The summed E-state index contributed by atoms with van der Waals surface area (Å²) in [5.41, 5.74) is 1.88. The number of fused-ring (bicyclic) bond motifs is 1. The Bertz CT molecular complexity index is 602. The molecule has 2 aliphatic heterocycles. The van der Waals surface area contributed by atoms with Crippen LogP contribution < -0.4 is 10.1 Å². The molecule has 1 aromatic rings. The molecular formula is C17H22N2O4. The van der Waals surface area contributed by atoms with Crippen molar-refractivity contribution in [2.24, 2.45) is 0 Å². The maximum Gasteiger partial charge on any atom is 0.260 e. The molecule has 124 valence electrons. The maximum absolute atomic E-state index is 12.3. The van der Waals surface area contributed by atoms with Gasteiger partial charge >= 0.3 is 0 Å². The second-order valence-electron chi connectivity index (χ2n) is 5.90. The molecule has 0 bridgehead atoms. The second-order valence-corrected chi connectivity index (χ2v) is 5.90. The number of nitrogens with one attached hydrogen (secondary N) is 1. The zero-order chi connectivity index (χ0) is 16.2. The Balaban J connectivity index is 1.56. The van der Waals surface area contributed by atoms with Gasteiger partial charge in [-0.05, 0) is 36.6 Å². The van der Waals surface area contributed by atoms with Crippen molar-refractivity contribution >= 4 is 17.5 Å². The number of benzene rings is 1. The van der Waals surface area contributed by atoms with E-state index in [0.717, 1.165) is 17.7 Å². The predicted octanol–water partition coefficient (Wildman–Crippen LogP) is 1.59. The molecule has 3 rings (SSSR count). The largest absolute Gasteiger partial charge is 0.484 e. The standard InChI is InChI=1S/C17H22N2O4/c1-2-13-10-19(7-8-22-13)17(21)11-23-14-4-5-15-12(9-14)3-6-16(20)18-15/h4-5,9,13H,2-3,6-8,10-11H2,1H3,(H,18,20). The number of carbonyl (C=O) groups is 2. The zero-order valence-corrected chi connectivity index (χ0v) is 13.3. The van der Waals surface area contributed by atoms with E-state index in [4.69, 9.17) is 9.47 Å². The lowest BCUT2D eigenvalue weighted by atomic mass is 10.0. The van der Waals surface area contributed by atoms with Crippen molar-refractivity contribution in [3.05, 3.63) is 23.8 Å². The topological polar surface area (TPSA) is 67.9 Å². The quantitative estimate of drug-likeness (QED) is 0.915. The van der Waals surface area contributed by atoms with Gasteiger partial charge in [-0.2, -0.15) is 0 Å². The Kier molecular flexibility index (Phi) is 4.81. The van der Waals surface area contributed by atoms with Gasteiger partial charge in [-0.1, -0.05) is 6.92 Å². The highest BCUT2D eigenvalue weighted by Crippen LogP contribution is 2.26. The first-order valence-corrected chi connectivity index (χ1v) is 8.10. The monoisotopic (exact) mass is 318 g/mol. The number of hydrogen-bond acceptors (Lipinski definition) is 4. The minimum Gasteiger partial charge on any atom is -0.484 e. The Morgan fingerprint density at radius 3 is 3.13 bits per heavy atom. The number of aryl methyl sites for hydroxylation is 1. The molecule has 6 heteroatoms. The second kappa shape index (κ2) is 7.00. The first-order chi connectivity index (χ1) is 11.2. The van der Waals surface area contributed by atoms with Crippen molar-refractivity contribution < 1.29 is 19.1 Å². The Morgan fingerprint density at radius 1 is 1.43 bits per heavy atom. The molecule has 1 aromatic carbocycles. The molecule has 23 heavy (non-hydrogen) atoms. The maximum atomic E-state index is 12.3. The molecule has 2 amide bonds. The molecule has 2 heterocycles. The van der Waals surface area contributed by atoms with Crippen LogP contribution in [-0.4, -0.2) is 49.1 Å². The first-order valence-electron chi connectivity index (χ1n) is 8.10. The summed E-state index contributed by atoms with van der Waals surface area (Å²) in [6.07, 6.45) is 2.22. The van der Waals surface area contributed by atoms with E-state index in [9.17, 15) is 9.59 Å². The molecule has 2 aliphatic rings. The molecule has 1 atom stereocenters. The molecule has 1 N–H and O–H groups in total. The number of carbonyl (C=O) groups excluding carboxylic acids is 2. The fraction of sp³-hybridized carbons (Fsp3) is 0.529. The lowest BCUT2D eigenvalue weighted by Crippen LogP contribution is -2.47. The summed E-state index contributed by atoms with van der Waals surface area (Å²) >= 11 is 0. The number of nitrogens with zero attached hydrogens (tertiary/aromatic N) is 1. The van der Waals surface area contributed by atoms with Crippen molar-refractivity contribution in [1.29, 1.82) is 0 Å². The summed E-state index contributed by atoms with van der Waals surface area (Å²) in [6, 6.07) is 5.51. The van der Waals surface area contributed by atoms with Crippen LogP contribution in [0.3, 0.4) is 0 Å². The fourth-order valence-electron chi connectivity index (χ4n) is 2.88. The highest BCUT2D eigenvalue weighted by Gasteiger charge is 2.23. The zero-order valence-electron chi connectivity index (χ0n) is 13.3. The van der Waals surface area contributed by atoms with Crippen LogP contribution in [0.4, 0.5) is 5.69 Å². The molecule has 0 aliphatic carbocycles. The van der Waals surface area contributed by atoms with Crippen LogP contribution in [0.2, 0.25) is 0 Å². The van der Waals surface area contributed by atoms with Crippen LogP contribution >= 0.6 is 0 Å². The number of anilines is 1. The van der Waals surface area contributed by atoms with Crippen LogP contribution in [0.1, 0.15) is 25.3 Å². The minimum atomic E-state index is -0.0160. The van der Waals surface area contributed by atoms with Gasteiger partial charge in [0, 0.05) is 25.2 Å². The summed E-state index contributed by atoms with van der Waals surface area (Å²) in [5, 5.41) is 2.83. The van der Waals surface area contributed by atoms with E-state index in [1.807, 2.05) is 12.1 Å². The molecule has 1 unspecified atom stereocenters. The Morgan fingerprint density at radius 2 is 2.30 bits per heavy atom. The average molecular weight is 318 g/mol. The molecule has 0 aromatic heterocycles. The van der Waals surface area contributed by atoms with Gasteiger partial charge in [0.2, 0.25) is 5.91 Å². The van der Waals surface area contributed by atoms with Gasteiger partial charge in [0.05, 0.1) is 12.7 Å².